The zero-order valence-electron chi connectivity index (χ0n) is 16.8. The molecule has 0 spiro atoms. The molecule has 0 radical (unpaired) electrons. The van der Waals surface area contributed by atoms with Crippen molar-refractivity contribution in [2.24, 2.45) is 0 Å². The first-order chi connectivity index (χ1) is 14.7. The minimum Gasteiger partial charge on any atom is -0.306 e. The predicted octanol–water partition coefficient (Wildman–Crippen LogP) is 4.43. The second-order valence-electron chi connectivity index (χ2n) is 7.67. The molecule has 1 aliphatic heterocycles. The molecule has 0 amide bonds. The van der Waals surface area contributed by atoms with Crippen molar-refractivity contribution < 1.29 is 0 Å². The first-order valence-corrected chi connectivity index (χ1v) is 10.9. The SMILES string of the molecule is Cc1ccc(-c2ccc(CN3CCc4nc(-c5ccncc5)[nH]c(=O)c4C3)s2)cc1. The summed E-state index contributed by atoms with van der Waals surface area (Å²) in [4.78, 5) is 29.4. The minimum absolute atomic E-state index is 0.0389. The molecule has 0 saturated heterocycles. The van der Waals surface area contributed by atoms with Gasteiger partial charge < -0.3 is 4.98 Å². The van der Waals surface area contributed by atoms with Crippen LogP contribution in [0.1, 0.15) is 21.7 Å². The molecule has 4 aromatic rings. The number of nitrogens with zero attached hydrogens (tertiary/aromatic N) is 3. The first-order valence-electron chi connectivity index (χ1n) is 10.1. The smallest absolute Gasteiger partial charge is 0.255 e. The topological polar surface area (TPSA) is 61.9 Å². The summed E-state index contributed by atoms with van der Waals surface area (Å²) in [6.45, 7) is 4.49. The van der Waals surface area contributed by atoms with E-state index in [9.17, 15) is 4.79 Å². The lowest BCUT2D eigenvalue weighted by atomic mass is 10.1. The third kappa shape index (κ3) is 3.84. The van der Waals surface area contributed by atoms with Gasteiger partial charge in [0.25, 0.3) is 5.56 Å². The zero-order valence-corrected chi connectivity index (χ0v) is 17.6. The van der Waals surface area contributed by atoms with Gasteiger partial charge in [0, 0.05) is 53.8 Å². The Labute approximate surface area is 179 Å². The van der Waals surface area contributed by atoms with Crippen molar-refractivity contribution >= 4 is 11.3 Å². The lowest BCUT2D eigenvalue weighted by molar-refractivity contribution is 0.244. The number of rotatable bonds is 4. The normalized spacial score (nSPS) is 13.9. The van der Waals surface area contributed by atoms with E-state index in [1.807, 2.05) is 23.5 Å². The molecule has 0 aliphatic carbocycles. The Morgan fingerprint density at radius 2 is 1.83 bits per heavy atom. The summed E-state index contributed by atoms with van der Waals surface area (Å²) in [6.07, 6.45) is 4.21. The number of aryl methyl sites for hydroxylation is 1. The van der Waals surface area contributed by atoms with Gasteiger partial charge in [-0.3, -0.25) is 14.7 Å². The van der Waals surface area contributed by atoms with Crippen LogP contribution in [0.2, 0.25) is 0 Å². The number of aromatic amines is 1. The van der Waals surface area contributed by atoms with Gasteiger partial charge in [-0.15, -0.1) is 11.3 Å². The molecule has 5 nitrogen and oxygen atoms in total. The standard InChI is InChI=1S/C24H22N4OS/c1-16-2-4-17(5-3-16)22-7-6-19(30-22)14-28-13-10-21-20(15-28)24(29)27-23(26-21)18-8-11-25-12-9-18/h2-9,11-12H,10,13-15H2,1H3,(H,26,27,29). The van der Waals surface area contributed by atoms with Gasteiger partial charge in [-0.2, -0.15) is 0 Å². The Kier molecular flexibility index (Phi) is 5.02. The number of fused-ring (bicyclic) bond motifs is 1. The van der Waals surface area contributed by atoms with Crippen molar-refractivity contribution in [2.75, 3.05) is 6.54 Å². The highest BCUT2D eigenvalue weighted by Gasteiger charge is 2.22. The van der Waals surface area contributed by atoms with Gasteiger partial charge in [-0.25, -0.2) is 4.98 Å². The number of hydrogen-bond donors (Lipinski definition) is 1. The van der Waals surface area contributed by atoms with Crippen LogP contribution in [0.5, 0.6) is 0 Å². The number of thiophene rings is 1. The van der Waals surface area contributed by atoms with Crippen LogP contribution in [0.25, 0.3) is 21.8 Å². The highest BCUT2D eigenvalue weighted by Crippen LogP contribution is 2.30. The van der Waals surface area contributed by atoms with Crippen LogP contribution in [0, 0.1) is 6.92 Å². The molecule has 0 unspecified atom stereocenters. The average Bonchev–Trinajstić information content (AvgIpc) is 3.23. The molecule has 0 atom stereocenters. The molecule has 1 aliphatic rings. The summed E-state index contributed by atoms with van der Waals surface area (Å²) in [6, 6.07) is 16.8. The van der Waals surface area contributed by atoms with E-state index in [2.05, 4.69) is 58.2 Å². The van der Waals surface area contributed by atoms with Crippen LogP contribution in [0.15, 0.2) is 65.7 Å². The van der Waals surface area contributed by atoms with Crippen molar-refractivity contribution in [3.8, 4) is 21.8 Å². The largest absolute Gasteiger partial charge is 0.306 e. The monoisotopic (exact) mass is 414 g/mol. The van der Waals surface area contributed by atoms with Crippen LogP contribution in [0.3, 0.4) is 0 Å². The lowest BCUT2D eigenvalue weighted by Crippen LogP contribution is -2.35. The Bertz CT molecular complexity index is 1230. The third-order valence-corrected chi connectivity index (χ3v) is 6.60. The van der Waals surface area contributed by atoms with Crippen LogP contribution in [-0.2, 0) is 19.5 Å². The summed E-state index contributed by atoms with van der Waals surface area (Å²) in [7, 11) is 0. The second kappa shape index (κ2) is 7.97. The highest BCUT2D eigenvalue weighted by molar-refractivity contribution is 7.15. The Balaban J connectivity index is 1.33. The van der Waals surface area contributed by atoms with E-state index in [4.69, 9.17) is 4.98 Å². The summed E-state index contributed by atoms with van der Waals surface area (Å²) in [5.41, 5.74) is 5.07. The van der Waals surface area contributed by atoms with Crippen LogP contribution in [0.4, 0.5) is 0 Å². The van der Waals surface area contributed by atoms with Gasteiger partial charge in [-0.1, -0.05) is 29.8 Å². The summed E-state index contributed by atoms with van der Waals surface area (Å²) in [5.74, 6) is 0.621. The molecule has 3 aromatic heterocycles. The van der Waals surface area contributed by atoms with E-state index in [0.29, 0.717) is 12.4 Å². The predicted molar refractivity (Wildman–Crippen MR) is 120 cm³/mol. The van der Waals surface area contributed by atoms with Crippen molar-refractivity contribution in [1.82, 2.24) is 19.9 Å². The molecule has 30 heavy (non-hydrogen) atoms. The average molecular weight is 415 g/mol. The second-order valence-corrected chi connectivity index (χ2v) is 8.84. The summed E-state index contributed by atoms with van der Waals surface area (Å²) >= 11 is 1.82. The maximum Gasteiger partial charge on any atom is 0.255 e. The van der Waals surface area contributed by atoms with Gasteiger partial charge in [-0.05, 0) is 36.8 Å². The van der Waals surface area contributed by atoms with Crippen LogP contribution in [-0.4, -0.2) is 26.4 Å². The molecule has 0 saturated carbocycles. The van der Waals surface area contributed by atoms with Gasteiger partial charge in [0.05, 0.1) is 11.3 Å². The first kappa shape index (κ1) is 18.9. The molecule has 0 bridgehead atoms. The molecular weight excluding hydrogens is 392 g/mol. The molecule has 0 fully saturated rings. The molecule has 1 N–H and O–H groups in total. The fourth-order valence-corrected chi connectivity index (χ4v) is 4.87. The van der Waals surface area contributed by atoms with Gasteiger partial charge >= 0.3 is 0 Å². The number of hydrogen-bond acceptors (Lipinski definition) is 5. The molecular formula is C24H22N4OS. The summed E-state index contributed by atoms with van der Waals surface area (Å²) < 4.78 is 0. The van der Waals surface area contributed by atoms with E-state index in [1.54, 1.807) is 12.4 Å². The fourth-order valence-electron chi connectivity index (χ4n) is 3.82. The van der Waals surface area contributed by atoms with E-state index >= 15 is 0 Å². The molecule has 150 valence electrons. The number of nitrogens with one attached hydrogen (secondary N) is 1. The number of aromatic nitrogens is 3. The van der Waals surface area contributed by atoms with Gasteiger partial charge in [0.2, 0.25) is 0 Å². The van der Waals surface area contributed by atoms with E-state index < -0.39 is 0 Å². The number of benzene rings is 1. The van der Waals surface area contributed by atoms with Gasteiger partial charge in [0.1, 0.15) is 5.82 Å². The van der Waals surface area contributed by atoms with E-state index in [1.165, 1.54) is 20.9 Å². The molecule has 4 heterocycles. The van der Waals surface area contributed by atoms with Gasteiger partial charge in [0.15, 0.2) is 0 Å². The lowest BCUT2D eigenvalue weighted by Gasteiger charge is -2.27. The Morgan fingerprint density at radius 3 is 2.63 bits per heavy atom. The molecule has 5 rings (SSSR count). The van der Waals surface area contributed by atoms with Crippen molar-refractivity contribution in [2.45, 2.75) is 26.4 Å². The number of H-pyrrole nitrogens is 1. The van der Waals surface area contributed by atoms with E-state index in [-0.39, 0.29) is 5.56 Å². The number of pyridine rings is 1. The Morgan fingerprint density at radius 1 is 1.03 bits per heavy atom. The molecule has 1 aromatic carbocycles. The van der Waals surface area contributed by atoms with Crippen molar-refractivity contribution in [1.29, 1.82) is 0 Å². The third-order valence-electron chi connectivity index (χ3n) is 5.48. The molecule has 6 heteroatoms. The van der Waals surface area contributed by atoms with Crippen molar-refractivity contribution in [3.05, 3.63) is 93.0 Å². The Hall–Kier alpha value is -3.09. The highest BCUT2D eigenvalue weighted by atomic mass is 32.1. The summed E-state index contributed by atoms with van der Waals surface area (Å²) in [5, 5.41) is 0. The zero-order chi connectivity index (χ0) is 20.5. The minimum atomic E-state index is -0.0389. The van der Waals surface area contributed by atoms with Crippen LogP contribution < -0.4 is 5.56 Å². The maximum absolute atomic E-state index is 12.7. The van der Waals surface area contributed by atoms with Crippen molar-refractivity contribution in [3.63, 3.8) is 0 Å². The fraction of sp³-hybridized carbons (Fsp3) is 0.208. The maximum atomic E-state index is 12.7. The van der Waals surface area contributed by atoms with Crippen LogP contribution >= 0.6 is 11.3 Å². The van der Waals surface area contributed by atoms with E-state index in [0.717, 1.165) is 36.3 Å². The quantitative estimate of drug-likeness (QED) is 0.537.